The van der Waals surface area contributed by atoms with Crippen LogP contribution in [0.25, 0.3) is 22.2 Å². The van der Waals surface area contributed by atoms with Crippen molar-refractivity contribution >= 4 is 22.8 Å². The first-order valence-corrected chi connectivity index (χ1v) is 6.01. The Bertz CT molecular complexity index is 801. The van der Waals surface area contributed by atoms with Crippen LogP contribution >= 0.6 is 0 Å². The smallest absolute Gasteiger partial charge is 0.345 e. The molecule has 3 aromatic rings. The Kier molecular flexibility index (Phi) is 2.71. The monoisotopic (exact) mass is 271 g/mol. The van der Waals surface area contributed by atoms with E-state index in [-0.39, 0.29) is 11.4 Å². The number of rotatable bonds is 2. The zero-order chi connectivity index (χ0) is 14.3. The second kappa shape index (κ2) is 4.41. The van der Waals surface area contributed by atoms with Crippen molar-refractivity contribution in [1.29, 1.82) is 0 Å². The molecule has 1 aromatic carbocycles. The van der Waals surface area contributed by atoms with Crippen molar-refractivity contribution in [2.45, 2.75) is 0 Å². The van der Waals surface area contributed by atoms with Gasteiger partial charge in [0.15, 0.2) is 5.56 Å². The average Bonchev–Trinajstić information content (AvgIpc) is 3.00. The van der Waals surface area contributed by atoms with Crippen molar-refractivity contribution in [3.8, 4) is 11.3 Å². The van der Waals surface area contributed by atoms with Gasteiger partial charge in [-0.1, -0.05) is 23.4 Å². The number of anilines is 1. The molecule has 0 saturated heterocycles. The molecule has 0 amide bonds. The number of esters is 1. The number of aromatic nitrogens is 2. The van der Waals surface area contributed by atoms with Crippen LogP contribution in [-0.2, 0) is 11.8 Å². The van der Waals surface area contributed by atoms with Crippen LogP contribution in [0.3, 0.4) is 0 Å². The molecule has 0 aliphatic heterocycles. The van der Waals surface area contributed by atoms with E-state index in [1.165, 1.54) is 7.11 Å². The quantitative estimate of drug-likeness (QED) is 0.722. The molecular formula is C14H13N3O3. The number of nitrogens with two attached hydrogens (primary N) is 1. The lowest BCUT2D eigenvalue weighted by Crippen LogP contribution is -2.04. The fourth-order valence-electron chi connectivity index (χ4n) is 2.32. The highest BCUT2D eigenvalue weighted by Gasteiger charge is 2.25. The summed E-state index contributed by atoms with van der Waals surface area (Å²) in [7, 11) is 3.22. The highest BCUT2D eigenvalue weighted by Crippen LogP contribution is 2.34. The number of carbonyl (C=O) groups excluding carboxylic acids is 1. The van der Waals surface area contributed by atoms with Crippen LogP contribution in [0.15, 0.2) is 35.0 Å². The Morgan fingerprint density at radius 3 is 2.90 bits per heavy atom. The number of nitrogens with zero attached hydrogens (tertiary/aromatic N) is 2. The summed E-state index contributed by atoms with van der Waals surface area (Å²) < 4.78 is 11.6. The van der Waals surface area contributed by atoms with E-state index in [0.29, 0.717) is 5.69 Å². The van der Waals surface area contributed by atoms with Crippen LogP contribution in [0.4, 0.5) is 5.88 Å². The van der Waals surface area contributed by atoms with Crippen LogP contribution in [0.1, 0.15) is 10.4 Å². The summed E-state index contributed by atoms with van der Waals surface area (Å²) in [6.45, 7) is 0. The summed E-state index contributed by atoms with van der Waals surface area (Å²) in [4.78, 5) is 11.8. The maximum Gasteiger partial charge on any atom is 0.345 e. The van der Waals surface area contributed by atoms with Crippen LogP contribution in [0.5, 0.6) is 0 Å². The Morgan fingerprint density at radius 2 is 2.15 bits per heavy atom. The standard InChI is InChI=1S/C14H13N3O3/c1-17-7-9(8-5-3-4-6-10(8)17)12-11(14(18)19-2)13(15)20-16-12/h3-7H,15H2,1-2H3. The number of fused-ring (bicyclic) bond motifs is 1. The summed E-state index contributed by atoms with van der Waals surface area (Å²) in [5, 5.41) is 4.87. The number of ether oxygens (including phenoxy) is 1. The Morgan fingerprint density at radius 1 is 1.40 bits per heavy atom. The predicted molar refractivity (Wildman–Crippen MR) is 74.2 cm³/mol. The molecule has 2 N–H and O–H groups in total. The molecular weight excluding hydrogens is 258 g/mol. The lowest BCUT2D eigenvalue weighted by atomic mass is 10.1. The number of hydrogen-bond acceptors (Lipinski definition) is 5. The minimum absolute atomic E-state index is 0.0419. The van der Waals surface area contributed by atoms with E-state index in [2.05, 4.69) is 5.16 Å². The molecule has 6 heteroatoms. The Hall–Kier alpha value is -2.76. The summed E-state index contributed by atoms with van der Waals surface area (Å²) in [6.07, 6.45) is 1.88. The zero-order valence-electron chi connectivity index (χ0n) is 11.1. The minimum atomic E-state index is -0.563. The SMILES string of the molecule is COC(=O)c1c(-c2cn(C)c3ccccc23)noc1N. The number of para-hydroxylation sites is 1. The fraction of sp³-hybridized carbons (Fsp3) is 0.143. The van der Waals surface area contributed by atoms with E-state index in [1.54, 1.807) is 0 Å². The van der Waals surface area contributed by atoms with Gasteiger partial charge in [0.1, 0.15) is 5.69 Å². The molecule has 0 aliphatic carbocycles. The number of aryl methyl sites for hydroxylation is 1. The molecule has 0 saturated carbocycles. The third-order valence-electron chi connectivity index (χ3n) is 3.26. The molecule has 20 heavy (non-hydrogen) atoms. The first kappa shape index (κ1) is 12.3. The molecule has 0 spiro atoms. The Balaban J connectivity index is 2.30. The fourth-order valence-corrected chi connectivity index (χ4v) is 2.32. The van der Waals surface area contributed by atoms with Crippen molar-refractivity contribution in [2.24, 2.45) is 7.05 Å². The molecule has 0 bridgehead atoms. The van der Waals surface area contributed by atoms with E-state index < -0.39 is 5.97 Å². The topological polar surface area (TPSA) is 83.3 Å². The van der Waals surface area contributed by atoms with Gasteiger partial charge >= 0.3 is 5.97 Å². The molecule has 102 valence electrons. The lowest BCUT2D eigenvalue weighted by molar-refractivity contribution is 0.0602. The van der Waals surface area contributed by atoms with Crippen LogP contribution in [-0.4, -0.2) is 22.8 Å². The largest absolute Gasteiger partial charge is 0.465 e. The van der Waals surface area contributed by atoms with Crippen LogP contribution in [0.2, 0.25) is 0 Å². The average molecular weight is 271 g/mol. The number of benzene rings is 1. The van der Waals surface area contributed by atoms with Gasteiger partial charge in [-0.3, -0.25) is 0 Å². The third kappa shape index (κ3) is 1.65. The molecule has 0 aliphatic rings. The van der Waals surface area contributed by atoms with Crippen LogP contribution < -0.4 is 5.73 Å². The number of methoxy groups -OCH3 is 1. The second-order valence-electron chi connectivity index (χ2n) is 4.43. The van der Waals surface area contributed by atoms with Gasteiger partial charge in [0.25, 0.3) is 0 Å². The zero-order valence-corrected chi connectivity index (χ0v) is 11.1. The van der Waals surface area contributed by atoms with E-state index in [1.807, 2.05) is 42.1 Å². The maximum atomic E-state index is 11.8. The normalized spacial score (nSPS) is 10.9. The molecule has 0 unspecified atom stereocenters. The van der Waals surface area contributed by atoms with Gasteiger partial charge < -0.3 is 19.6 Å². The van der Waals surface area contributed by atoms with E-state index in [4.69, 9.17) is 15.0 Å². The molecule has 2 aromatic heterocycles. The maximum absolute atomic E-state index is 11.8. The van der Waals surface area contributed by atoms with Gasteiger partial charge in [-0.15, -0.1) is 0 Å². The minimum Gasteiger partial charge on any atom is -0.465 e. The van der Waals surface area contributed by atoms with Crippen molar-refractivity contribution in [3.63, 3.8) is 0 Å². The van der Waals surface area contributed by atoms with Crippen molar-refractivity contribution in [3.05, 3.63) is 36.0 Å². The highest BCUT2D eigenvalue weighted by atomic mass is 16.5. The second-order valence-corrected chi connectivity index (χ2v) is 4.43. The number of carbonyl (C=O) groups is 1. The molecule has 0 fully saturated rings. The van der Waals surface area contributed by atoms with E-state index in [9.17, 15) is 4.79 Å². The third-order valence-corrected chi connectivity index (χ3v) is 3.26. The summed E-state index contributed by atoms with van der Waals surface area (Å²) in [6, 6.07) is 7.81. The van der Waals surface area contributed by atoms with Crippen LogP contribution in [0, 0.1) is 0 Å². The molecule has 2 heterocycles. The molecule has 6 nitrogen and oxygen atoms in total. The van der Waals surface area contributed by atoms with Crippen molar-refractivity contribution in [2.75, 3.05) is 12.8 Å². The summed E-state index contributed by atoms with van der Waals surface area (Å²) in [5.41, 5.74) is 8.03. The summed E-state index contributed by atoms with van der Waals surface area (Å²) >= 11 is 0. The molecule has 0 radical (unpaired) electrons. The van der Waals surface area contributed by atoms with Gasteiger partial charge in [-0.2, -0.15) is 0 Å². The van der Waals surface area contributed by atoms with Gasteiger partial charge in [-0.05, 0) is 6.07 Å². The van der Waals surface area contributed by atoms with Gasteiger partial charge in [0.2, 0.25) is 5.88 Å². The van der Waals surface area contributed by atoms with Crippen molar-refractivity contribution in [1.82, 2.24) is 9.72 Å². The highest BCUT2D eigenvalue weighted by molar-refractivity contribution is 6.05. The number of nitrogen functional groups attached to an aromatic ring is 1. The molecule has 0 atom stereocenters. The summed E-state index contributed by atoms with van der Waals surface area (Å²) in [5.74, 6) is -0.605. The van der Waals surface area contributed by atoms with Gasteiger partial charge in [0.05, 0.1) is 7.11 Å². The Labute approximate surface area is 114 Å². The van der Waals surface area contributed by atoms with Gasteiger partial charge in [0, 0.05) is 29.7 Å². The number of hydrogen-bond donors (Lipinski definition) is 1. The van der Waals surface area contributed by atoms with Crippen molar-refractivity contribution < 1.29 is 14.1 Å². The van der Waals surface area contributed by atoms with E-state index in [0.717, 1.165) is 16.5 Å². The molecule has 3 rings (SSSR count). The lowest BCUT2D eigenvalue weighted by Gasteiger charge is -1.99. The van der Waals surface area contributed by atoms with E-state index >= 15 is 0 Å². The van der Waals surface area contributed by atoms with Gasteiger partial charge in [-0.25, -0.2) is 4.79 Å². The first-order chi connectivity index (χ1) is 9.63. The predicted octanol–water partition coefficient (Wildman–Crippen LogP) is 2.20. The first-order valence-electron chi connectivity index (χ1n) is 6.01.